The smallest absolute Gasteiger partial charge is 0.336 e. The van der Waals surface area contributed by atoms with Crippen LogP contribution in [-0.4, -0.2) is 15.1 Å². The molecule has 0 aliphatic carbocycles. The molecule has 2 heterocycles. The van der Waals surface area contributed by atoms with Crippen molar-refractivity contribution >= 4 is 22.7 Å². The van der Waals surface area contributed by atoms with Gasteiger partial charge in [0.2, 0.25) is 0 Å². The summed E-state index contributed by atoms with van der Waals surface area (Å²) in [5.41, 5.74) is 1.77. The first-order chi connectivity index (χ1) is 12.0. The van der Waals surface area contributed by atoms with E-state index in [1.807, 2.05) is 6.92 Å². The lowest BCUT2D eigenvalue weighted by Crippen LogP contribution is -2.10. The molecule has 2 N–H and O–H groups in total. The van der Waals surface area contributed by atoms with E-state index < -0.39 is 5.63 Å². The number of aromatic hydroxyl groups is 1. The van der Waals surface area contributed by atoms with Gasteiger partial charge in [-0.15, -0.1) is 0 Å². The maximum Gasteiger partial charge on any atom is 0.336 e. The highest BCUT2D eigenvalue weighted by molar-refractivity contribution is 7.98. The molecule has 130 valence electrons. The van der Waals surface area contributed by atoms with E-state index in [4.69, 9.17) is 4.42 Å². The SMILES string of the molecule is CCCc1cc(=O)[nH]c(SCc2cc(=O)oc3c(C)c(O)ccc23)n1. The predicted octanol–water partition coefficient (Wildman–Crippen LogP) is 3.14. The van der Waals surface area contributed by atoms with Gasteiger partial charge in [0, 0.05) is 34.5 Å². The van der Waals surface area contributed by atoms with Gasteiger partial charge in [-0.3, -0.25) is 4.79 Å². The first-order valence-corrected chi connectivity index (χ1v) is 8.95. The fourth-order valence-corrected chi connectivity index (χ4v) is 3.50. The second-order valence-electron chi connectivity index (χ2n) is 5.76. The number of thioether (sulfide) groups is 1. The second kappa shape index (κ2) is 7.14. The number of phenols is 1. The topological polar surface area (TPSA) is 96.2 Å². The van der Waals surface area contributed by atoms with Gasteiger partial charge in [-0.1, -0.05) is 25.1 Å². The minimum absolute atomic E-state index is 0.0821. The summed E-state index contributed by atoms with van der Waals surface area (Å²) in [6.45, 7) is 3.73. The molecule has 1 aromatic carbocycles. The Kier molecular flexibility index (Phi) is 4.94. The van der Waals surface area contributed by atoms with Crippen LogP contribution in [0.15, 0.2) is 43.4 Å². The van der Waals surface area contributed by atoms with Crippen LogP contribution in [0.5, 0.6) is 5.75 Å². The Bertz CT molecular complexity index is 1040. The van der Waals surface area contributed by atoms with E-state index in [9.17, 15) is 14.7 Å². The first kappa shape index (κ1) is 17.3. The number of aromatic nitrogens is 2. The van der Waals surface area contributed by atoms with Gasteiger partial charge in [-0.2, -0.15) is 0 Å². The fourth-order valence-electron chi connectivity index (χ4n) is 2.62. The van der Waals surface area contributed by atoms with Crippen molar-refractivity contribution < 1.29 is 9.52 Å². The number of nitrogens with zero attached hydrogens (tertiary/aromatic N) is 1. The molecule has 3 rings (SSSR count). The van der Waals surface area contributed by atoms with E-state index in [-0.39, 0.29) is 11.3 Å². The largest absolute Gasteiger partial charge is 0.508 e. The fraction of sp³-hybridized carbons (Fsp3) is 0.278. The first-order valence-electron chi connectivity index (χ1n) is 7.96. The van der Waals surface area contributed by atoms with Crippen LogP contribution in [0, 0.1) is 6.92 Å². The highest BCUT2D eigenvalue weighted by Gasteiger charge is 2.12. The van der Waals surface area contributed by atoms with Crippen molar-refractivity contribution in [1.82, 2.24) is 9.97 Å². The standard InChI is InChI=1S/C18H18N2O4S/c1-3-4-12-8-15(22)20-18(19-12)25-9-11-7-16(23)24-17-10(2)14(21)6-5-13(11)17/h5-8,21H,3-4,9H2,1-2H3,(H,19,20,22). The lowest BCUT2D eigenvalue weighted by Gasteiger charge is -2.08. The molecule has 6 nitrogen and oxygen atoms in total. The minimum atomic E-state index is -0.474. The van der Waals surface area contributed by atoms with Gasteiger partial charge >= 0.3 is 5.63 Å². The van der Waals surface area contributed by atoms with Crippen LogP contribution >= 0.6 is 11.8 Å². The molecule has 0 fully saturated rings. The average Bonchev–Trinajstić information content (AvgIpc) is 2.56. The molecule has 0 unspecified atom stereocenters. The molecular weight excluding hydrogens is 340 g/mol. The Morgan fingerprint density at radius 3 is 2.84 bits per heavy atom. The van der Waals surface area contributed by atoms with Gasteiger partial charge < -0.3 is 14.5 Å². The summed E-state index contributed by atoms with van der Waals surface area (Å²) < 4.78 is 5.24. The number of benzene rings is 1. The Morgan fingerprint density at radius 2 is 2.08 bits per heavy atom. The molecule has 7 heteroatoms. The van der Waals surface area contributed by atoms with Crippen LogP contribution in [0.25, 0.3) is 11.0 Å². The third kappa shape index (κ3) is 3.76. The molecule has 0 saturated carbocycles. The van der Waals surface area contributed by atoms with Crippen molar-refractivity contribution in [3.8, 4) is 5.75 Å². The summed E-state index contributed by atoms with van der Waals surface area (Å²) in [5, 5.41) is 11.1. The molecular formula is C18H18N2O4S. The van der Waals surface area contributed by atoms with Crippen LogP contribution in [0.2, 0.25) is 0 Å². The summed E-state index contributed by atoms with van der Waals surface area (Å²) in [4.78, 5) is 30.7. The zero-order valence-electron chi connectivity index (χ0n) is 14.0. The van der Waals surface area contributed by atoms with Gasteiger partial charge in [0.1, 0.15) is 11.3 Å². The van der Waals surface area contributed by atoms with Gasteiger partial charge in [-0.05, 0) is 31.0 Å². The molecule has 0 radical (unpaired) electrons. The van der Waals surface area contributed by atoms with E-state index >= 15 is 0 Å². The molecule has 0 bridgehead atoms. The highest BCUT2D eigenvalue weighted by Crippen LogP contribution is 2.30. The number of hydrogen-bond donors (Lipinski definition) is 2. The van der Waals surface area contributed by atoms with Crippen molar-refractivity contribution in [3.05, 3.63) is 61.9 Å². The summed E-state index contributed by atoms with van der Waals surface area (Å²) in [6, 6.07) is 6.24. The summed E-state index contributed by atoms with van der Waals surface area (Å²) in [5.74, 6) is 0.531. The van der Waals surface area contributed by atoms with Crippen LogP contribution in [0.4, 0.5) is 0 Å². The lowest BCUT2D eigenvalue weighted by molar-refractivity contribution is 0.468. The summed E-state index contributed by atoms with van der Waals surface area (Å²) >= 11 is 1.35. The molecule has 0 aliphatic rings. The average molecular weight is 358 g/mol. The van der Waals surface area contributed by atoms with Crippen molar-refractivity contribution in [2.45, 2.75) is 37.6 Å². The van der Waals surface area contributed by atoms with E-state index in [0.29, 0.717) is 22.1 Å². The number of aromatic amines is 1. The van der Waals surface area contributed by atoms with Gasteiger partial charge in [0.05, 0.1) is 0 Å². The van der Waals surface area contributed by atoms with E-state index in [0.717, 1.165) is 29.5 Å². The third-order valence-corrected chi connectivity index (χ3v) is 4.78. The third-order valence-electron chi connectivity index (χ3n) is 3.86. The van der Waals surface area contributed by atoms with Gasteiger partial charge in [0.15, 0.2) is 5.16 Å². The maximum absolute atomic E-state index is 11.8. The maximum atomic E-state index is 11.8. The predicted molar refractivity (Wildman–Crippen MR) is 97.3 cm³/mol. The van der Waals surface area contributed by atoms with Crippen LogP contribution in [-0.2, 0) is 12.2 Å². The van der Waals surface area contributed by atoms with Crippen LogP contribution < -0.4 is 11.2 Å². The van der Waals surface area contributed by atoms with E-state index in [1.165, 1.54) is 23.9 Å². The van der Waals surface area contributed by atoms with Crippen molar-refractivity contribution in [2.75, 3.05) is 0 Å². The molecule has 0 saturated heterocycles. The summed E-state index contributed by atoms with van der Waals surface area (Å²) in [7, 11) is 0. The number of H-pyrrole nitrogens is 1. The van der Waals surface area contributed by atoms with Crippen molar-refractivity contribution in [2.24, 2.45) is 0 Å². The van der Waals surface area contributed by atoms with Gasteiger partial charge in [0.25, 0.3) is 5.56 Å². The quantitative estimate of drug-likeness (QED) is 0.413. The Balaban J connectivity index is 1.95. The lowest BCUT2D eigenvalue weighted by atomic mass is 10.1. The van der Waals surface area contributed by atoms with E-state index in [2.05, 4.69) is 9.97 Å². The second-order valence-corrected chi connectivity index (χ2v) is 6.72. The molecule has 2 aromatic heterocycles. The highest BCUT2D eigenvalue weighted by atomic mass is 32.2. The number of hydrogen-bond acceptors (Lipinski definition) is 6. The minimum Gasteiger partial charge on any atom is -0.508 e. The summed E-state index contributed by atoms with van der Waals surface area (Å²) in [6.07, 6.45) is 1.65. The number of fused-ring (bicyclic) bond motifs is 1. The Labute approximate surface area is 147 Å². The number of nitrogens with one attached hydrogen (secondary N) is 1. The molecule has 25 heavy (non-hydrogen) atoms. The normalized spacial score (nSPS) is 11.1. The van der Waals surface area contributed by atoms with Crippen molar-refractivity contribution in [1.29, 1.82) is 0 Å². The monoisotopic (exact) mass is 358 g/mol. The van der Waals surface area contributed by atoms with Crippen molar-refractivity contribution in [3.63, 3.8) is 0 Å². The zero-order valence-corrected chi connectivity index (χ0v) is 14.8. The Hall–Kier alpha value is -2.54. The van der Waals surface area contributed by atoms with Gasteiger partial charge in [-0.25, -0.2) is 9.78 Å². The van der Waals surface area contributed by atoms with Crippen LogP contribution in [0.1, 0.15) is 30.2 Å². The molecule has 0 aliphatic heterocycles. The number of phenolic OH excluding ortho intramolecular Hbond substituents is 1. The molecule has 3 aromatic rings. The Morgan fingerprint density at radius 1 is 1.28 bits per heavy atom. The van der Waals surface area contributed by atoms with E-state index in [1.54, 1.807) is 19.1 Å². The zero-order chi connectivity index (χ0) is 18.0. The number of rotatable bonds is 5. The van der Waals surface area contributed by atoms with Crippen LogP contribution in [0.3, 0.4) is 0 Å². The molecule has 0 atom stereocenters. The number of aryl methyl sites for hydroxylation is 2. The molecule has 0 spiro atoms. The molecule has 0 amide bonds.